The van der Waals surface area contributed by atoms with E-state index in [0.717, 1.165) is 25.7 Å². The van der Waals surface area contributed by atoms with E-state index in [0.29, 0.717) is 43.6 Å². The van der Waals surface area contributed by atoms with E-state index in [1.54, 1.807) is 17.0 Å². The summed E-state index contributed by atoms with van der Waals surface area (Å²) in [5.74, 6) is 0.495. The van der Waals surface area contributed by atoms with Crippen molar-refractivity contribution in [2.45, 2.75) is 31.7 Å². The quantitative estimate of drug-likeness (QED) is 0.877. The Balaban J connectivity index is 1.40. The van der Waals surface area contributed by atoms with Crippen LogP contribution < -0.4 is 5.73 Å². The van der Waals surface area contributed by atoms with Gasteiger partial charge in [0, 0.05) is 37.8 Å². The average molecular weight is 359 g/mol. The van der Waals surface area contributed by atoms with Crippen LogP contribution in [-0.2, 0) is 4.79 Å². The molecule has 2 saturated carbocycles. The molecule has 1 saturated heterocycles. The largest absolute Gasteiger partial charge is 0.341 e. The number of amides is 2. The summed E-state index contributed by atoms with van der Waals surface area (Å²) in [4.78, 5) is 29.3. The van der Waals surface area contributed by atoms with Gasteiger partial charge in [-0.05, 0) is 55.7 Å². The maximum absolute atomic E-state index is 13.4. The summed E-state index contributed by atoms with van der Waals surface area (Å²) in [5, 5.41) is 0. The molecule has 2 aliphatic carbocycles. The van der Waals surface area contributed by atoms with Crippen molar-refractivity contribution in [1.29, 1.82) is 0 Å². The summed E-state index contributed by atoms with van der Waals surface area (Å²) >= 11 is 0. The van der Waals surface area contributed by atoms with Gasteiger partial charge < -0.3 is 15.5 Å². The third kappa shape index (κ3) is 3.11. The third-order valence-corrected chi connectivity index (χ3v) is 6.43. The van der Waals surface area contributed by atoms with Gasteiger partial charge in [0.2, 0.25) is 5.91 Å². The molecule has 0 aromatic heterocycles. The van der Waals surface area contributed by atoms with Gasteiger partial charge in [-0.1, -0.05) is 6.07 Å². The zero-order chi connectivity index (χ0) is 18.3. The van der Waals surface area contributed by atoms with E-state index in [1.165, 1.54) is 12.1 Å². The molecule has 4 unspecified atom stereocenters. The van der Waals surface area contributed by atoms with Crippen molar-refractivity contribution in [1.82, 2.24) is 9.80 Å². The zero-order valence-corrected chi connectivity index (χ0v) is 14.9. The summed E-state index contributed by atoms with van der Waals surface area (Å²) < 4.78 is 13.4. The van der Waals surface area contributed by atoms with Gasteiger partial charge >= 0.3 is 0 Å². The molecule has 1 heterocycles. The number of benzene rings is 1. The smallest absolute Gasteiger partial charge is 0.254 e. The Morgan fingerprint density at radius 1 is 1.04 bits per heavy atom. The second-order valence-electron chi connectivity index (χ2n) is 7.92. The van der Waals surface area contributed by atoms with Crippen LogP contribution in [0, 0.1) is 23.6 Å². The van der Waals surface area contributed by atoms with E-state index in [1.807, 2.05) is 4.90 Å². The van der Waals surface area contributed by atoms with Gasteiger partial charge in [-0.2, -0.15) is 0 Å². The van der Waals surface area contributed by atoms with Crippen LogP contribution in [0.1, 0.15) is 36.0 Å². The molecule has 4 rings (SSSR count). The van der Waals surface area contributed by atoms with E-state index in [9.17, 15) is 14.0 Å². The Morgan fingerprint density at radius 2 is 1.77 bits per heavy atom. The second-order valence-corrected chi connectivity index (χ2v) is 7.92. The highest BCUT2D eigenvalue weighted by Gasteiger charge is 2.50. The molecule has 5 nitrogen and oxygen atoms in total. The molecule has 3 fully saturated rings. The van der Waals surface area contributed by atoms with Crippen LogP contribution in [-0.4, -0.2) is 53.8 Å². The van der Waals surface area contributed by atoms with E-state index < -0.39 is 5.82 Å². The fourth-order valence-electron chi connectivity index (χ4n) is 5.06. The Bertz CT molecular complexity index is 708. The first-order chi connectivity index (χ1) is 12.5. The average Bonchev–Trinajstić information content (AvgIpc) is 3.13. The number of hydrogen-bond acceptors (Lipinski definition) is 3. The summed E-state index contributed by atoms with van der Waals surface area (Å²) in [6.45, 7) is 2.26. The minimum Gasteiger partial charge on any atom is -0.341 e. The lowest BCUT2D eigenvalue weighted by Gasteiger charge is -2.32. The molecule has 2 amide bonds. The Hall–Kier alpha value is -1.95. The Kier molecular flexibility index (Phi) is 4.69. The van der Waals surface area contributed by atoms with Crippen LogP contribution in [0.3, 0.4) is 0 Å². The first-order valence-corrected chi connectivity index (χ1v) is 9.64. The first kappa shape index (κ1) is 17.5. The SMILES string of the molecule is NC1C2CCC(C2)C1C(=O)N1CCCN(C(=O)c2cccc(F)c2)CC1. The summed E-state index contributed by atoms with van der Waals surface area (Å²) in [7, 11) is 0. The van der Waals surface area contributed by atoms with Crippen LogP contribution in [0.25, 0.3) is 0 Å². The normalized spacial score (nSPS) is 31.2. The standard InChI is InChI=1S/C20H26FN3O2/c21-16-4-1-3-15(12-16)19(25)23-7-2-8-24(10-9-23)20(26)17-13-5-6-14(11-13)18(17)22/h1,3-4,12-14,17-18H,2,5-11,22H2. The maximum Gasteiger partial charge on any atom is 0.254 e. The first-order valence-electron chi connectivity index (χ1n) is 9.64. The fraction of sp³-hybridized carbons (Fsp3) is 0.600. The van der Waals surface area contributed by atoms with Crippen LogP contribution in [0.2, 0.25) is 0 Å². The van der Waals surface area contributed by atoms with Crippen molar-refractivity contribution >= 4 is 11.8 Å². The zero-order valence-electron chi connectivity index (χ0n) is 14.9. The minimum absolute atomic E-state index is 0.00506. The molecule has 140 valence electrons. The maximum atomic E-state index is 13.4. The van der Waals surface area contributed by atoms with Gasteiger partial charge in [0.25, 0.3) is 5.91 Å². The number of fused-ring (bicyclic) bond motifs is 2. The fourth-order valence-corrected chi connectivity index (χ4v) is 5.06. The number of rotatable bonds is 2. The van der Waals surface area contributed by atoms with Crippen LogP contribution in [0.15, 0.2) is 24.3 Å². The highest BCUT2D eigenvalue weighted by Crippen LogP contribution is 2.48. The molecule has 2 N–H and O–H groups in total. The number of carbonyl (C=O) groups excluding carboxylic acids is 2. The monoisotopic (exact) mass is 359 g/mol. The van der Waals surface area contributed by atoms with Crippen LogP contribution in [0.4, 0.5) is 4.39 Å². The van der Waals surface area contributed by atoms with Gasteiger partial charge in [-0.15, -0.1) is 0 Å². The molecule has 0 spiro atoms. The summed E-state index contributed by atoms with van der Waals surface area (Å²) in [5.41, 5.74) is 6.69. The van der Waals surface area contributed by atoms with Crippen LogP contribution in [0.5, 0.6) is 0 Å². The van der Waals surface area contributed by atoms with Crippen molar-refractivity contribution in [2.75, 3.05) is 26.2 Å². The minimum atomic E-state index is -0.409. The molecule has 0 radical (unpaired) electrons. The van der Waals surface area contributed by atoms with E-state index in [2.05, 4.69) is 0 Å². The van der Waals surface area contributed by atoms with Gasteiger partial charge in [-0.3, -0.25) is 9.59 Å². The molecule has 1 aromatic rings. The molecule has 4 atom stereocenters. The summed E-state index contributed by atoms with van der Waals surface area (Å²) in [6, 6.07) is 5.78. The highest BCUT2D eigenvalue weighted by molar-refractivity contribution is 5.94. The molecule has 1 aromatic carbocycles. The number of halogens is 1. The lowest BCUT2D eigenvalue weighted by atomic mass is 9.84. The molecular weight excluding hydrogens is 333 g/mol. The molecule has 6 heteroatoms. The van der Waals surface area contributed by atoms with Crippen molar-refractivity contribution < 1.29 is 14.0 Å². The molecular formula is C20H26FN3O2. The highest BCUT2D eigenvalue weighted by atomic mass is 19.1. The number of hydrogen-bond donors (Lipinski definition) is 1. The molecule has 3 aliphatic rings. The lowest BCUT2D eigenvalue weighted by molar-refractivity contribution is -0.137. The molecule has 1 aliphatic heterocycles. The van der Waals surface area contributed by atoms with E-state index in [-0.39, 0.29) is 23.8 Å². The number of nitrogens with two attached hydrogens (primary N) is 1. The van der Waals surface area contributed by atoms with E-state index >= 15 is 0 Å². The van der Waals surface area contributed by atoms with Crippen molar-refractivity contribution in [3.8, 4) is 0 Å². The van der Waals surface area contributed by atoms with E-state index in [4.69, 9.17) is 5.73 Å². The molecule has 26 heavy (non-hydrogen) atoms. The lowest BCUT2D eigenvalue weighted by Crippen LogP contribution is -2.48. The Morgan fingerprint density at radius 3 is 2.50 bits per heavy atom. The second kappa shape index (κ2) is 6.99. The predicted octanol–water partition coefficient (Wildman–Crippen LogP) is 1.87. The number of nitrogens with zero attached hydrogens (tertiary/aromatic N) is 2. The topological polar surface area (TPSA) is 66.6 Å². The van der Waals surface area contributed by atoms with Gasteiger partial charge in [0.15, 0.2) is 0 Å². The van der Waals surface area contributed by atoms with Crippen molar-refractivity contribution in [3.05, 3.63) is 35.6 Å². The van der Waals surface area contributed by atoms with Gasteiger partial charge in [0.05, 0.1) is 5.92 Å². The summed E-state index contributed by atoms with van der Waals surface area (Å²) in [6.07, 6.45) is 4.11. The Labute approximate surface area is 153 Å². The van der Waals surface area contributed by atoms with Gasteiger partial charge in [-0.25, -0.2) is 4.39 Å². The van der Waals surface area contributed by atoms with Crippen molar-refractivity contribution in [3.63, 3.8) is 0 Å². The van der Waals surface area contributed by atoms with Gasteiger partial charge in [0.1, 0.15) is 5.82 Å². The van der Waals surface area contributed by atoms with Crippen molar-refractivity contribution in [2.24, 2.45) is 23.5 Å². The third-order valence-electron chi connectivity index (χ3n) is 6.43. The van der Waals surface area contributed by atoms with Crippen LogP contribution >= 0.6 is 0 Å². The molecule has 2 bridgehead atoms. The number of carbonyl (C=O) groups is 2. The predicted molar refractivity (Wildman–Crippen MR) is 95.8 cm³/mol.